The molecule has 0 spiro atoms. The van der Waals surface area contributed by atoms with Crippen LogP contribution in [0.3, 0.4) is 0 Å². The summed E-state index contributed by atoms with van der Waals surface area (Å²) in [4.78, 5) is 4.27. The molecule has 0 aromatic rings. The standard InChI is InChI=1S/C9H21N3S.HI/c1-7(2)12-8(10)11-6-9(3,4)13-5;/h7H,6H2,1-5H3,(H3,10,11,12);1H. The van der Waals surface area contributed by atoms with Gasteiger partial charge in [0.15, 0.2) is 5.96 Å². The molecule has 3 N–H and O–H groups in total. The molecule has 0 amide bonds. The lowest BCUT2D eigenvalue weighted by molar-refractivity contribution is 0.696. The van der Waals surface area contributed by atoms with E-state index in [1.54, 1.807) is 11.8 Å². The van der Waals surface area contributed by atoms with Gasteiger partial charge < -0.3 is 11.1 Å². The van der Waals surface area contributed by atoms with Crippen molar-refractivity contribution in [3.05, 3.63) is 0 Å². The van der Waals surface area contributed by atoms with Crippen LogP contribution >= 0.6 is 35.7 Å². The minimum absolute atomic E-state index is 0. The number of aliphatic imine (C=N–C) groups is 1. The zero-order chi connectivity index (χ0) is 10.5. The molecule has 86 valence electrons. The van der Waals surface area contributed by atoms with Gasteiger partial charge in [-0.15, -0.1) is 24.0 Å². The van der Waals surface area contributed by atoms with Crippen LogP contribution in [0.5, 0.6) is 0 Å². The molecule has 0 atom stereocenters. The first-order valence-electron chi connectivity index (χ1n) is 4.49. The van der Waals surface area contributed by atoms with Crippen LogP contribution in [-0.4, -0.2) is 29.5 Å². The highest BCUT2D eigenvalue weighted by molar-refractivity contribution is 14.0. The predicted octanol–water partition coefficient (Wildman–Crippen LogP) is 2.06. The summed E-state index contributed by atoms with van der Waals surface area (Å²) in [5.74, 6) is 0.539. The number of nitrogens with one attached hydrogen (secondary N) is 1. The summed E-state index contributed by atoms with van der Waals surface area (Å²) >= 11 is 1.80. The summed E-state index contributed by atoms with van der Waals surface area (Å²) < 4.78 is 0.170. The highest BCUT2D eigenvalue weighted by Crippen LogP contribution is 2.20. The third-order valence-corrected chi connectivity index (χ3v) is 2.85. The van der Waals surface area contributed by atoms with Gasteiger partial charge in [0.25, 0.3) is 0 Å². The minimum Gasteiger partial charge on any atom is -0.370 e. The van der Waals surface area contributed by atoms with Crippen molar-refractivity contribution >= 4 is 41.7 Å². The van der Waals surface area contributed by atoms with E-state index in [4.69, 9.17) is 5.73 Å². The maximum absolute atomic E-state index is 5.67. The van der Waals surface area contributed by atoms with E-state index in [0.29, 0.717) is 12.0 Å². The lowest BCUT2D eigenvalue weighted by Gasteiger charge is -2.19. The van der Waals surface area contributed by atoms with E-state index < -0.39 is 0 Å². The molecule has 0 rings (SSSR count). The van der Waals surface area contributed by atoms with Crippen LogP contribution in [-0.2, 0) is 0 Å². The lowest BCUT2D eigenvalue weighted by atomic mass is 10.2. The molecule has 0 saturated heterocycles. The summed E-state index contributed by atoms with van der Waals surface area (Å²) in [6, 6.07) is 0.348. The van der Waals surface area contributed by atoms with Crippen molar-refractivity contribution in [2.75, 3.05) is 12.8 Å². The van der Waals surface area contributed by atoms with E-state index in [1.807, 2.05) is 13.8 Å². The Hall–Kier alpha value is 0.350. The fourth-order valence-corrected chi connectivity index (χ4v) is 0.875. The van der Waals surface area contributed by atoms with Crippen molar-refractivity contribution in [2.24, 2.45) is 10.7 Å². The van der Waals surface area contributed by atoms with Gasteiger partial charge in [-0.2, -0.15) is 11.8 Å². The quantitative estimate of drug-likeness (QED) is 0.471. The summed E-state index contributed by atoms with van der Waals surface area (Å²) in [5.41, 5.74) is 5.67. The van der Waals surface area contributed by atoms with Crippen LogP contribution in [0.2, 0.25) is 0 Å². The fraction of sp³-hybridized carbons (Fsp3) is 0.889. The van der Waals surface area contributed by atoms with Crippen molar-refractivity contribution in [1.82, 2.24) is 5.32 Å². The topological polar surface area (TPSA) is 50.4 Å². The molecule has 0 aromatic carbocycles. The lowest BCUT2D eigenvalue weighted by Crippen LogP contribution is -2.37. The molecule has 0 aliphatic heterocycles. The Morgan fingerprint density at radius 3 is 2.36 bits per heavy atom. The number of halogens is 1. The number of rotatable bonds is 4. The van der Waals surface area contributed by atoms with Crippen molar-refractivity contribution in [1.29, 1.82) is 0 Å². The van der Waals surface area contributed by atoms with Crippen molar-refractivity contribution in [3.63, 3.8) is 0 Å². The van der Waals surface area contributed by atoms with Crippen LogP contribution in [0.25, 0.3) is 0 Å². The molecule has 0 aliphatic carbocycles. The van der Waals surface area contributed by atoms with Gasteiger partial charge in [-0.3, -0.25) is 4.99 Å². The second kappa shape index (κ2) is 7.62. The third-order valence-electron chi connectivity index (χ3n) is 1.62. The Morgan fingerprint density at radius 1 is 1.50 bits per heavy atom. The molecule has 14 heavy (non-hydrogen) atoms. The number of nitrogens with two attached hydrogens (primary N) is 1. The minimum atomic E-state index is 0. The van der Waals surface area contributed by atoms with Gasteiger partial charge in [0.05, 0.1) is 6.54 Å². The van der Waals surface area contributed by atoms with E-state index in [-0.39, 0.29) is 28.7 Å². The summed E-state index contributed by atoms with van der Waals surface area (Å²) in [6.07, 6.45) is 2.08. The van der Waals surface area contributed by atoms with Gasteiger partial charge in [0, 0.05) is 10.8 Å². The Bertz CT molecular complexity index is 181. The zero-order valence-corrected chi connectivity index (χ0v) is 12.8. The van der Waals surface area contributed by atoms with E-state index in [1.165, 1.54) is 0 Å². The van der Waals surface area contributed by atoms with Crippen LogP contribution in [0.15, 0.2) is 4.99 Å². The van der Waals surface area contributed by atoms with Gasteiger partial charge in [-0.1, -0.05) is 0 Å². The molecule has 0 aromatic heterocycles. The average Bonchev–Trinajstić information content (AvgIpc) is 2.00. The largest absolute Gasteiger partial charge is 0.370 e. The Morgan fingerprint density at radius 2 is 2.00 bits per heavy atom. The average molecular weight is 331 g/mol. The van der Waals surface area contributed by atoms with Gasteiger partial charge >= 0.3 is 0 Å². The smallest absolute Gasteiger partial charge is 0.188 e. The predicted molar refractivity (Wildman–Crippen MR) is 77.8 cm³/mol. The molecule has 0 radical (unpaired) electrons. The number of thioether (sulfide) groups is 1. The molecule has 0 heterocycles. The first-order chi connectivity index (χ1) is 5.87. The molecule has 3 nitrogen and oxygen atoms in total. The maximum Gasteiger partial charge on any atom is 0.188 e. The van der Waals surface area contributed by atoms with Crippen molar-refractivity contribution in [3.8, 4) is 0 Å². The van der Waals surface area contributed by atoms with E-state index in [2.05, 4.69) is 30.4 Å². The van der Waals surface area contributed by atoms with E-state index >= 15 is 0 Å². The maximum atomic E-state index is 5.67. The normalized spacial score (nSPS) is 12.6. The summed E-state index contributed by atoms with van der Waals surface area (Å²) in [7, 11) is 0. The van der Waals surface area contributed by atoms with Gasteiger partial charge in [-0.25, -0.2) is 0 Å². The van der Waals surface area contributed by atoms with E-state index in [0.717, 1.165) is 6.54 Å². The van der Waals surface area contributed by atoms with Crippen molar-refractivity contribution < 1.29 is 0 Å². The SMILES string of the molecule is CSC(C)(C)CN=C(N)NC(C)C.I. The van der Waals surface area contributed by atoms with E-state index in [9.17, 15) is 0 Å². The number of hydrogen-bond acceptors (Lipinski definition) is 2. The van der Waals surface area contributed by atoms with Crippen molar-refractivity contribution in [2.45, 2.75) is 38.5 Å². The molecule has 0 saturated carbocycles. The second-order valence-electron chi connectivity index (χ2n) is 3.96. The highest BCUT2D eigenvalue weighted by atomic mass is 127. The number of hydrogen-bond donors (Lipinski definition) is 2. The monoisotopic (exact) mass is 331 g/mol. The molecular formula is C9H22IN3S. The Kier molecular flexibility index (Phi) is 9.12. The highest BCUT2D eigenvalue weighted by Gasteiger charge is 2.14. The van der Waals surface area contributed by atoms with Gasteiger partial charge in [0.2, 0.25) is 0 Å². The molecule has 5 heteroatoms. The Labute approximate surface area is 109 Å². The van der Waals surface area contributed by atoms with Crippen LogP contribution in [0.1, 0.15) is 27.7 Å². The second-order valence-corrected chi connectivity index (χ2v) is 5.48. The number of nitrogens with zero attached hydrogens (tertiary/aromatic N) is 1. The summed E-state index contributed by atoms with van der Waals surface area (Å²) in [6.45, 7) is 9.15. The van der Waals surface area contributed by atoms with Crippen LogP contribution in [0.4, 0.5) is 0 Å². The van der Waals surface area contributed by atoms with Crippen LogP contribution in [0, 0.1) is 0 Å². The molecular weight excluding hydrogens is 309 g/mol. The fourth-order valence-electron chi connectivity index (χ4n) is 0.682. The molecule has 0 fully saturated rings. The van der Waals surface area contributed by atoms with Gasteiger partial charge in [-0.05, 0) is 34.0 Å². The molecule has 0 bridgehead atoms. The first-order valence-corrected chi connectivity index (χ1v) is 5.71. The zero-order valence-electron chi connectivity index (χ0n) is 9.63. The Balaban J connectivity index is 0. The van der Waals surface area contributed by atoms with Crippen LogP contribution < -0.4 is 11.1 Å². The summed E-state index contributed by atoms with van der Waals surface area (Å²) in [5, 5.41) is 3.06. The third kappa shape index (κ3) is 8.93. The van der Waals surface area contributed by atoms with Gasteiger partial charge in [0.1, 0.15) is 0 Å². The molecule has 0 unspecified atom stereocenters. The number of guanidine groups is 1. The molecule has 0 aliphatic rings. The first kappa shape index (κ1) is 16.8.